The Hall–Kier alpha value is -2.55. The number of sulfone groups is 1. The van der Waals surface area contributed by atoms with E-state index in [1.54, 1.807) is 31.2 Å². The molecule has 2 atom stereocenters. The number of aryl methyl sites for hydroxylation is 1. The van der Waals surface area contributed by atoms with Gasteiger partial charge in [0.05, 0.1) is 29.2 Å². The molecular weight excluding hydrogens is 393 g/mol. The van der Waals surface area contributed by atoms with Gasteiger partial charge in [0.2, 0.25) is 0 Å². The number of alkyl halides is 3. The lowest BCUT2D eigenvalue weighted by molar-refractivity contribution is -0.137. The lowest BCUT2D eigenvalue weighted by Gasteiger charge is -2.24. The molecule has 0 aromatic heterocycles. The monoisotopic (exact) mass is 410 g/mol. The molecule has 2 amide bonds. The number of halogens is 3. The minimum atomic E-state index is -4.56. The molecule has 2 saturated heterocycles. The van der Waals surface area contributed by atoms with Crippen LogP contribution in [0.3, 0.4) is 0 Å². The number of para-hydroxylation sites is 1. The zero-order valence-corrected chi connectivity index (χ0v) is 15.7. The van der Waals surface area contributed by atoms with Crippen LogP contribution in [0.4, 0.5) is 29.3 Å². The number of nitrogens with zero attached hydrogens (tertiary/aromatic N) is 2. The number of carbonyl (C=O) groups excluding carboxylic acids is 1. The van der Waals surface area contributed by atoms with Crippen molar-refractivity contribution in [1.82, 2.24) is 0 Å². The molecule has 0 radical (unpaired) electrons. The van der Waals surface area contributed by atoms with Crippen molar-refractivity contribution < 1.29 is 26.4 Å². The maximum absolute atomic E-state index is 13.2. The maximum atomic E-state index is 13.2. The number of urea groups is 1. The van der Waals surface area contributed by atoms with Crippen LogP contribution in [-0.4, -0.2) is 38.0 Å². The Bertz CT molecular complexity index is 1050. The number of anilines is 2. The fourth-order valence-corrected chi connectivity index (χ4v) is 5.87. The molecule has 2 aliphatic rings. The van der Waals surface area contributed by atoms with Gasteiger partial charge in [-0.1, -0.05) is 24.3 Å². The van der Waals surface area contributed by atoms with E-state index in [9.17, 15) is 26.4 Å². The van der Waals surface area contributed by atoms with E-state index in [4.69, 9.17) is 0 Å². The van der Waals surface area contributed by atoms with E-state index in [0.29, 0.717) is 5.69 Å². The van der Waals surface area contributed by atoms with Gasteiger partial charge in [-0.05, 0) is 36.8 Å². The second-order valence-electron chi connectivity index (χ2n) is 7.07. The van der Waals surface area contributed by atoms with Crippen LogP contribution in [0.2, 0.25) is 0 Å². The molecular formula is C19H17F3N2O3S. The molecule has 4 rings (SSSR count). The Balaban J connectivity index is 1.83. The standard InChI is InChI=1S/C19H17F3N2O3S/c1-12-5-2-3-8-15(12)24-17-11-28(26,27)10-16(17)23(18(24)25)14-7-4-6-13(9-14)19(20,21)22/h2-9,16-17H,10-11H2,1H3/t16-,17+/m1/s1. The van der Waals surface area contributed by atoms with E-state index in [1.807, 2.05) is 0 Å². The van der Waals surface area contributed by atoms with E-state index in [0.717, 1.165) is 17.7 Å². The van der Waals surface area contributed by atoms with Crippen molar-refractivity contribution in [3.05, 3.63) is 59.7 Å². The quantitative estimate of drug-likeness (QED) is 0.711. The smallest absolute Gasteiger partial charge is 0.288 e. The summed E-state index contributed by atoms with van der Waals surface area (Å²) in [6.45, 7) is 1.80. The van der Waals surface area contributed by atoms with Gasteiger partial charge in [0.25, 0.3) is 0 Å². The lowest BCUT2D eigenvalue weighted by Crippen LogP contribution is -2.38. The Morgan fingerprint density at radius 3 is 2.25 bits per heavy atom. The van der Waals surface area contributed by atoms with Gasteiger partial charge in [-0.2, -0.15) is 13.2 Å². The highest BCUT2D eigenvalue weighted by atomic mass is 32.2. The number of hydrogen-bond acceptors (Lipinski definition) is 3. The molecule has 148 valence electrons. The predicted molar refractivity (Wildman–Crippen MR) is 99.2 cm³/mol. The Labute approximate surface area is 160 Å². The molecule has 0 saturated carbocycles. The van der Waals surface area contributed by atoms with Crippen molar-refractivity contribution in [3.63, 3.8) is 0 Å². The summed E-state index contributed by atoms with van der Waals surface area (Å²) in [5, 5.41) is 0. The van der Waals surface area contributed by atoms with Gasteiger partial charge in [0, 0.05) is 11.4 Å². The van der Waals surface area contributed by atoms with Gasteiger partial charge < -0.3 is 0 Å². The summed E-state index contributed by atoms with van der Waals surface area (Å²) in [5.74, 6) is -0.491. The molecule has 2 fully saturated rings. The molecule has 5 nitrogen and oxygen atoms in total. The number of carbonyl (C=O) groups is 1. The van der Waals surface area contributed by atoms with Crippen molar-refractivity contribution in [3.8, 4) is 0 Å². The van der Waals surface area contributed by atoms with E-state index in [-0.39, 0.29) is 17.2 Å². The van der Waals surface area contributed by atoms with Crippen LogP contribution in [0.15, 0.2) is 48.5 Å². The van der Waals surface area contributed by atoms with Crippen LogP contribution in [0.1, 0.15) is 11.1 Å². The second-order valence-corrected chi connectivity index (χ2v) is 9.22. The normalized spacial score (nSPS) is 23.9. The largest absolute Gasteiger partial charge is 0.416 e. The van der Waals surface area contributed by atoms with Gasteiger partial charge in [0.15, 0.2) is 9.84 Å². The van der Waals surface area contributed by atoms with Crippen molar-refractivity contribution in [2.24, 2.45) is 0 Å². The molecule has 0 unspecified atom stereocenters. The van der Waals surface area contributed by atoms with E-state index in [1.165, 1.54) is 21.9 Å². The van der Waals surface area contributed by atoms with Crippen molar-refractivity contribution in [1.29, 1.82) is 0 Å². The summed E-state index contributed by atoms with van der Waals surface area (Å²) in [7, 11) is -3.42. The first-order chi connectivity index (χ1) is 13.1. The van der Waals surface area contributed by atoms with Crippen LogP contribution in [0.5, 0.6) is 0 Å². The summed E-state index contributed by atoms with van der Waals surface area (Å²) < 4.78 is 63.9. The number of amides is 2. The summed E-state index contributed by atoms with van der Waals surface area (Å²) >= 11 is 0. The van der Waals surface area contributed by atoms with Gasteiger partial charge in [-0.3, -0.25) is 9.80 Å². The Morgan fingerprint density at radius 2 is 1.61 bits per heavy atom. The van der Waals surface area contributed by atoms with Crippen LogP contribution < -0.4 is 9.80 Å². The second kappa shape index (κ2) is 6.23. The fourth-order valence-electron chi connectivity index (χ4n) is 3.95. The number of rotatable bonds is 2. The van der Waals surface area contributed by atoms with Gasteiger partial charge in [-0.25, -0.2) is 13.2 Å². The van der Waals surface area contributed by atoms with Gasteiger partial charge in [-0.15, -0.1) is 0 Å². The van der Waals surface area contributed by atoms with Crippen LogP contribution in [0.25, 0.3) is 0 Å². The molecule has 0 spiro atoms. The first kappa shape index (κ1) is 18.8. The highest BCUT2D eigenvalue weighted by Crippen LogP contribution is 2.40. The summed E-state index contributed by atoms with van der Waals surface area (Å²) in [4.78, 5) is 15.8. The highest BCUT2D eigenvalue weighted by molar-refractivity contribution is 7.91. The topological polar surface area (TPSA) is 57.7 Å². The minimum Gasteiger partial charge on any atom is -0.288 e. The molecule has 0 aliphatic carbocycles. The molecule has 2 aromatic carbocycles. The predicted octanol–water partition coefficient (Wildman–Crippen LogP) is 3.63. The molecule has 0 N–H and O–H groups in total. The zero-order valence-electron chi connectivity index (χ0n) is 14.8. The number of hydrogen-bond donors (Lipinski definition) is 0. The highest BCUT2D eigenvalue weighted by Gasteiger charge is 2.54. The Kier molecular flexibility index (Phi) is 4.18. The van der Waals surface area contributed by atoms with E-state index < -0.39 is 39.7 Å². The average molecular weight is 410 g/mol. The average Bonchev–Trinajstić information content (AvgIpc) is 3.04. The first-order valence-corrected chi connectivity index (χ1v) is 10.5. The third-order valence-corrected chi connectivity index (χ3v) is 6.89. The summed E-state index contributed by atoms with van der Waals surface area (Å²) in [6, 6.07) is 9.59. The third-order valence-electron chi connectivity index (χ3n) is 5.20. The van der Waals surface area contributed by atoms with Crippen molar-refractivity contribution in [2.45, 2.75) is 25.2 Å². The van der Waals surface area contributed by atoms with Crippen LogP contribution >= 0.6 is 0 Å². The Morgan fingerprint density at radius 1 is 0.964 bits per heavy atom. The summed E-state index contributed by atoms with van der Waals surface area (Å²) in [5.41, 5.74) is 0.506. The minimum absolute atomic E-state index is 0.0445. The number of fused-ring (bicyclic) bond motifs is 1. The van der Waals surface area contributed by atoms with Gasteiger partial charge in [0.1, 0.15) is 0 Å². The van der Waals surface area contributed by atoms with E-state index >= 15 is 0 Å². The lowest BCUT2D eigenvalue weighted by atomic mass is 10.1. The van der Waals surface area contributed by atoms with Crippen LogP contribution in [0, 0.1) is 6.92 Å². The maximum Gasteiger partial charge on any atom is 0.416 e. The van der Waals surface area contributed by atoms with Crippen molar-refractivity contribution >= 4 is 27.2 Å². The SMILES string of the molecule is Cc1ccccc1N1C(=O)N(c2cccc(C(F)(F)F)c2)[C@@H]2CS(=O)(=O)C[C@@H]21. The van der Waals surface area contributed by atoms with E-state index in [2.05, 4.69) is 0 Å². The molecule has 0 bridgehead atoms. The third kappa shape index (κ3) is 3.03. The van der Waals surface area contributed by atoms with Gasteiger partial charge >= 0.3 is 12.2 Å². The molecule has 2 heterocycles. The molecule has 28 heavy (non-hydrogen) atoms. The molecule has 2 aromatic rings. The molecule has 2 aliphatic heterocycles. The first-order valence-electron chi connectivity index (χ1n) is 8.64. The fraction of sp³-hybridized carbons (Fsp3) is 0.316. The molecule has 9 heteroatoms. The summed E-state index contributed by atoms with van der Waals surface area (Å²) in [6.07, 6.45) is -4.56. The number of benzene rings is 2. The zero-order chi connectivity index (χ0) is 20.3. The van der Waals surface area contributed by atoms with Crippen LogP contribution in [-0.2, 0) is 16.0 Å². The van der Waals surface area contributed by atoms with Crippen molar-refractivity contribution in [2.75, 3.05) is 21.3 Å².